The number of nitrogens with one attached hydrogen (secondary N) is 1. The molecule has 1 N–H and O–H groups in total. The lowest BCUT2D eigenvalue weighted by Gasteiger charge is -2.35. The minimum atomic E-state index is 0.519. The van der Waals surface area contributed by atoms with Gasteiger partial charge in [-0.15, -0.1) is 0 Å². The van der Waals surface area contributed by atoms with Gasteiger partial charge in [0.25, 0.3) is 0 Å². The zero-order valence-electron chi connectivity index (χ0n) is 7.51. The van der Waals surface area contributed by atoms with E-state index >= 15 is 0 Å². The topological polar surface area (TPSA) is 21.3 Å². The van der Waals surface area contributed by atoms with E-state index in [1.54, 1.807) is 0 Å². The standard InChI is InChI=1S/C10H17NO/c1-2-6-11-9-10(3-1)4-7-12-8-5-10/h1-2,11H,3-9H2. The zero-order chi connectivity index (χ0) is 8.28. The predicted molar refractivity (Wildman–Crippen MR) is 49.1 cm³/mol. The number of allylic oxidation sites excluding steroid dienone is 1. The summed E-state index contributed by atoms with van der Waals surface area (Å²) < 4.78 is 5.39. The van der Waals surface area contributed by atoms with Crippen molar-refractivity contribution in [3.63, 3.8) is 0 Å². The van der Waals surface area contributed by atoms with E-state index in [1.807, 2.05) is 0 Å². The lowest BCUT2D eigenvalue weighted by atomic mass is 9.77. The van der Waals surface area contributed by atoms with E-state index in [0.717, 1.165) is 19.8 Å². The summed E-state index contributed by atoms with van der Waals surface area (Å²) in [6.45, 7) is 4.12. The lowest BCUT2D eigenvalue weighted by molar-refractivity contribution is 0.0175. The molecule has 2 rings (SSSR count). The van der Waals surface area contributed by atoms with E-state index in [9.17, 15) is 0 Å². The van der Waals surface area contributed by atoms with Crippen molar-refractivity contribution < 1.29 is 4.74 Å². The molecule has 68 valence electrons. The van der Waals surface area contributed by atoms with Gasteiger partial charge in [0.15, 0.2) is 0 Å². The van der Waals surface area contributed by atoms with Gasteiger partial charge in [0.1, 0.15) is 0 Å². The van der Waals surface area contributed by atoms with Gasteiger partial charge < -0.3 is 10.1 Å². The average molecular weight is 167 g/mol. The summed E-state index contributed by atoms with van der Waals surface area (Å²) in [7, 11) is 0. The second kappa shape index (κ2) is 3.58. The zero-order valence-corrected chi connectivity index (χ0v) is 7.51. The van der Waals surface area contributed by atoms with Gasteiger partial charge in [0.05, 0.1) is 0 Å². The molecule has 12 heavy (non-hydrogen) atoms. The van der Waals surface area contributed by atoms with Crippen molar-refractivity contribution in [1.82, 2.24) is 5.32 Å². The van der Waals surface area contributed by atoms with E-state index in [1.165, 1.54) is 25.8 Å². The second-order valence-corrected chi connectivity index (χ2v) is 3.92. The molecule has 2 heteroatoms. The first-order valence-electron chi connectivity index (χ1n) is 4.85. The van der Waals surface area contributed by atoms with Crippen LogP contribution < -0.4 is 5.32 Å². The van der Waals surface area contributed by atoms with Crippen molar-refractivity contribution in [2.24, 2.45) is 5.41 Å². The molecule has 0 atom stereocenters. The van der Waals surface area contributed by atoms with Crippen molar-refractivity contribution in [2.75, 3.05) is 26.3 Å². The summed E-state index contributed by atoms with van der Waals surface area (Å²) in [5, 5.41) is 3.47. The molecule has 2 aliphatic rings. The van der Waals surface area contributed by atoms with Crippen molar-refractivity contribution in [3.05, 3.63) is 12.2 Å². The van der Waals surface area contributed by atoms with Crippen LogP contribution in [0.5, 0.6) is 0 Å². The summed E-state index contributed by atoms with van der Waals surface area (Å²) in [6.07, 6.45) is 8.26. The third-order valence-corrected chi connectivity index (χ3v) is 3.03. The molecule has 0 aromatic rings. The Balaban J connectivity index is 2.01. The number of hydrogen-bond acceptors (Lipinski definition) is 2. The van der Waals surface area contributed by atoms with E-state index in [-0.39, 0.29) is 0 Å². The lowest BCUT2D eigenvalue weighted by Crippen LogP contribution is -2.37. The van der Waals surface area contributed by atoms with Crippen LogP contribution in [0.2, 0.25) is 0 Å². The van der Waals surface area contributed by atoms with Crippen LogP contribution >= 0.6 is 0 Å². The highest BCUT2D eigenvalue weighted by atomic mass is 16.5. The molecular weight excluding hydrogens is 150 g/mol. The molecule has 0 bridgehead atoms. The number of ether oxygens (including phenoxy) is 1. The summed E-state index contributed by atoms with van der Waals surface area (Å²) in [5.74, 6) is 0. The van der Waals surface area contributed by atoms with E-state index in [0.29, 0.717) is 5.41 Å². The van der Waals surface area contributed by atoms with Gasteiger partial charge in [0, 0.05) is 26.3 Å². The Hall–Kier alpha value is -0.340. The van der Waals surface area contributed by atoms with E-state index in [4.69, 9.17) is 4.74 Å². The normalized spacial score (nSPS) is 28.7. The van der Waals surface area contributed by atoms with Crippen LogP contribution in [0, 0.1) is 5.41 Å². The molecule has 0 aromatic carbocycles. The molecule has 0 amide bonds. The van der Waals surface area contributed by atoms with Crippen LogP contribution in [-0.2, 0) is 4.74 Å². The van der Waals surface area contributed by atoms with Gasteiger partial charge in [-0.2, -0.15) is 0 Å². The molecule has 2 nitrogen and oxygen atoms in total. The highest BCUT2D eigenvalue weighted by Gasteiger charge is 2.31. The minimum absolute atomic E-state index is 0.519. The fraction of sp³-hybridized carbons (Fsp3) is 0.800. The Bertz CT molecular complexity index is 171. The molecule has 0 radical (unpaired) electrons. The minimum Gasteiger partial charge on any atom is -0.381 e. The average Bonchev–Trinajstić information content (AvgIpc) is 2.33. The van der Waals surface area contributed by atoms with Gasteiger partial charge in [-0.05, 0) is 24.7 Å². The second-order valence-electron chi connectivity index (χ2n) is 3.92. The Labute approximate surface area is 74.0 Å². The largest absolute Gasteiger partial charge is 0.381 e. The number of hydrogen-bond donors (Lipinski definition) is 1. The first-order valence-corrected chi connectivity index (χ1v) is 4.85. The third-order valence-electron chi connectivity index (χ3n) is 3.03. The Kier molecular flexibility index (Phi) is 2.47. The van der Waals surface area contributed by atoms with Crippen molar-refractivity contribution in [2.45, 2.75) is 19.3 Å². The maximum atomic E-state index is 5.39. The first-order chi connectivity index (χ1) is 5.91. The molecule has 0 unspecified atom stereocenters. The van der Waals surface area contributed by atoms with Crippen molar-refractivity contribution >= 4 is 0 Å². The fourth-order valence-electron chi connectivity index (χ4n) is 2.09. The van der Waals surface area contributed by atoms with Crippen molar-refractivity contribution in [1.29, 1.82) is 0 Å². The van der Waals surface area contributed by atoms with Gasteiger partial charge in [-0.1, -0.05) is 12.2 Å². The van der Waals surface area contributed by atoms with Crippen LogP contribution in [0.15, 0.2) is 12.2 Å². The summed E-state index contributed by atoms with van der Waals surface area (Å²) in [6, 6.07) is 0. The van der Waals surface area contributed by atoms with Gasteiger partial charge >= 0.3 is 0 Å². The fourth-order valence-corrected chi connectivity index (χ4v) is 2.09. The molecule has 2 heterocycles. The molecular formula is C10H17NO. The van der Waals surface area contributed by atoms with Crippen LogP contribution in [0.1, 0.15) is 19.3 Å². The summed E-state index contributed by atoms with van der Waals surface area (Å²) in [4.78, 5) is 0. The van der Waals surface area contributed by atoms with Crippen LogP contribution in [0.3, 0.4) is 0 Å². The molecule has 1 saturated heterocycles. The molecule has 0 aliphatic carbocycles. The predicted octanol–water partition coefficient (Wildman–Crippen LogP) is 1.33. The van der Waals surface area contributed by atoms with Crippen molar-refractivity contribution in [3.8, 4) is 0 Å². The monoisotopic (exact) mass is 167 g/mol. The molecule has 0 aromatic heterocycles. The highest BCUT2D eigenvalue weighted by molar-refractivity contribution is 4.97. The van der Waals surface area contributed by atoms with Gasteiger partial charge in [0.2, 0.25) is 0 Å². The van der Waals surface area contributed by atoms with Gasteiger partial charge in [-0.3, -0.25) is 0 Å². The Morgan fingerprint density at radius 1 is 1.17 bits per heavy atom. The highest BCUT2D eigenvalue weighted by Crippen LogP contribution is 2.34. The Morgan fingerprint density at radius 3 is 2.83 bits per heavy atom. The Morgan fingerprint density at radius 2 is 2.00 bits per heavy atom. The van der Waals surface area contributed by atoms with E-state index < -0.39 is 0 Å². The number of rotatable bonds is 0. The maximum absolute atomic E-state index is 5.39. The smallest absolute Gasteiger partial charge is 0.0471 e. The molecule has 0 saturated carbocycles. The molecule has 1 spiro atoms. The van der Waals surface area contributed by atoms with E-state index in [2.05, 4.69) is 17.5 Å². The summed E-state index contributed by atoms with van der Waals surface area (Å²) >= 11 is 0. The van der Waals surface area contributed by atoms with Gasteiger partial charge in [-0.25, -0.2) is 0 Å². The molecule has 2 aliphatic heterocycles. The summed E-state index contributed by atoms with van der Waals surface area (Å²) in [5.41, 5.74) is 0.519. The SMILES string of the molecule is C1=CCC2(CCOCC2)CNC1. The molecule has 1 fully saturated rings. The quantitative estimate of drug-likeness (QED) is 0.550. The third kappa shape index (κ3) is 1.70. The first kappa shape index (κ1) is 8.27. The maximum Gasteiger partial charge on any atom is 0.0471 e. The van der Waals surface area contributed by atoms with Crippen LogP contribution in [0.4, 0.5) is 0 Å². The van der Waals surface area contributed by atoms with Crippen LogP contribution in [-0.4, -0.2) is 26.3 Å². The van der Waals surface area contributed by atoms with Crippen LogP contribution in [0.25, 0.3) is 0 Å².